The van der Waals surface area contributed by atoms with Crippen LogP contribution in [0, 0.1) is 6.92 Å². The van der Waals surface area contributed by atoms with Crippen LogP contribution in [0.1, 0.15) is 25.3 Å². The zero-order chi connectivity index (χ0) is 12.3. The summed E-state index contributed by atoms with van der Waals surface area (Å²) < 4.78 is 0. The van der Waals surface area contributed by atoms with Crippen LogP contribution in [0.3, 0.4) is 0 Å². The summed E-state index contributed by atoms with van der Waals surface area (Å²) in [5, 5.41) is 2.98. The molecule has 2 heterocycles. The molecule has 1 atom stereocenters. The van der Waals surface area contributed by atoms with Gasteiger partial charge in [-0.2, -0.15) is 0 Å². The quantitative estimate of drug-likeness (QED) is 0.842. The van der Waals surface area contributed by atoms with Gasteiger partial charge in [0, 0.05) is 32.3 Å². The maximum absolute atomic E-state index is 11.1. The molecule has 1 aromatic rings. The zero-order valence-electron chi connectivity index (χ0n) is 10.4. The molecule has 92 valence electrons. The van der Waals surface area contributed by atoms with Crippen LogP contribution in [0.15, 0.2) is 18.3 Å². The Labute approximate surface area is 102 Å². The lowest BCUT2D eigenvalue weighted by Gasteiger charge is -2.33. The smallest absolute Gasteiger partial charge is 0.217 e. The third-order valence-corrected chi connectivity index (χ3v) is 3.05. The van der Waals surface area contributed by atoms with Crippen molar-refractivity contribution in [2.75, 3.05) is 18.0 Å². The van der Waals surface area contributed by atoms with Crippen molar-refractivity contribution in [1.29, 1.82) is 0 Å². The van der Waals surface area contributed by atoms with Crippen molar-refractivity contribution in [3.8, 4) is 0 Å². The number of amides is 1. The van der Waals surface area contributed by atoms with Gasteiger partial charge < -0.3 is 10.2 Å². The molecule has 0 radical (unpaired) electrons. The monoisotopic (exact) mass is 233 g/mol. The third-order valence-electron chi connectivity index (χ3n) is 3.05. The number of aryl methyl sites for hydroxylation is 1. The van der Waals surface area contributed by atoms with Crippen molar-refractivity contribution >= 4 is 11.7 Å². The van der Waals surface area contributed by atoms with Gasteiger partial charge in [-0.1, -0.05) is 6.07 Å². The second-order valence-corrected chi connectivity index (χ2v) is 4.68. The number of nitrogens with zero attached hydrogens (tertiary/aromatic N) is 2. The second kappa shape index (κ2) is 5.17. The first kappa shape index (κ1) is 11.9. The lowest BCUT2D eigenvalue weighted by molar-refractivity contribution is -0.119. The fourth-order valence-electron chi connectivity index (χ4n) is 2.24. The summed E-state index contributed by atoms with van der Waals surface area (Å²) >= 11 is 0. The SMILES string of the molecule is CC(=O)NC1CCCN(c2ccc(C)cn2)C1. The van der Waals surface area contributed by atoms with E-state index in [1.807, 2.05) is 19.2 Å². The predicted molar refractivity (Wildman–Crippen MR) is 68.0 cm³/mol. The van der Waals surface area contributed by atoms with Crippen molar-refractivity contribution in [3.05, 3.63) is 23.9 Å². The minimum Gasteiger partial charge on any atom is -0.355 e. The fraction of sp³-hybridized carbons (Fsp3) is 0.538. The van der Waals surface area contributed by atoms with Gasteiger partial charge in [0.2, 0.25) is 5.91 Å². The molecule has 2 rings (SSSR count). The molecule has 1 amide bonds. The van der Waals surface area contributed by atoms with Crippen molar-refractivity contribution in [2.45, 2.75) is 32.7 Å². The second-order valence-electron chi connectivity index (χ2n) is 4.68. The molecule has 0 saturated carbocycles. The first-order chi connectivity index (χ1) is 8.15. The number of carbonyl (C=O) groups excluding carboxylic acids is 1. The summed E-state index contributed by atoms with van der Waals surface area (Å²) in [5.41, 5.74) is 1.17. The van der Waals surface area contributed by atoms with Gasteiger partial charge in [0.05, 0.1) is 0 Å². The lowest BCUT2D eigenvalue weighted by atomic mass is 10.1. The molecule has 4 nitrogen and oxygen atoms in total. The minimum atomic E-state index is 0.0497. The molecule has 1 aliphatic rings. The number of aromatic nitrogens is 1. The third kappa shape index (κ3) is 3.19. The highest BCUT2D eigenvalue weighted by atomic mass is 16.1. The number of nitrogens with one attached hydrogen (secondary N) is 1. The summed E-state index contributed by atoms with van der Waals surface area (Å²) in [6.07, 6.45) is 4.04. The van der Waals surface area contributed by atoms with E-state index in [1.165, 1.54) is 5.56 Å². The van der Waals surface area contributed by atoms with Crippen molar-refractivity contribution in [3.63, 3.8) is 0 Å². The molecule has 17 heavy (non-hydrogen) atoms. The molecule has 1 aromatic heterocycles. The molecule has 1 N–H and O–H groups in total. The molecule has 1 aliphatic heterocycles. The summed E-state index contributed by atoms with van der Waals surface area (Å²) in [6, 6.07) is 4.37. The first-order valence-corrected chi connectivity index (χ1v) is 6.10. The van der Waals surface area contributed by atoms with Crippen molar-refractivity contribution in [2.24, 2.45) is 0 Å². The number of hydrogen-bond acceptors (Lipinski definition) is 3. The van der Waals surface area contributed by atoms with Gasteiger partial charge in [-0.3, -0.25) is 4.79 Å². The van der Waals surface area contributed by atoms with Crippen LogP contribution in [0.2, 0.25) is 0 Å². The molecule has 0 spiro atoms. The van der Waals surface area contributed by atoms with Crippen molar-refractivity contribution < 1.29 is 4.79 Å². The number of pyridine rings is 1. The number of carbonyl (C=O) groups is 1. The first-order valence-electron chi connectivity index (χ1n) is 6.10. The lowest BCUT2D eigenvalue weighted by Crippen LogP contribution is -2.47. The Morgan fingerprint density at radius 2 is 2.35 bits per heavy atom. The molecule has 1 fully saturated rings. The average molecular weight is 233 g/mol. The van der Waals surface area contributed by atoms with Gasteiger partial charge in [-0.05, 0) is 31.4 Å². The van der Waals surface area contributed by atoms with E-state index in [0.717, 1.165) is 31.7 Å². The van der Waals surface area contributed by atoms with E-state index in [1.54, 1.807) is 6.92 Å². The van der Waals surface area contributed by atoms with E-state index in [2.05, 4.69) is 21.3 Å². The van der Waals surface area contributed by atoms with E-state index >= 15 is 0 Å². The van der Waals surface area contributed by atoms with Gasteiger partial charge >= 0.3 is 0 Å². The van der Waals surface area contributed by atoms with Crippen LogP contribution in [0.25, 0.3) is 0 Å². The number of anilines is 1. The fourth-order valence-corrected chi connectivity index (χ4v) is 2.24. The standard InChI is InChI=1S/C13H19N3O/c1-10-5-6-13(14-8-10)16-7-3-4-12(9-16)15-11(2)17/h5-6,8,12H,3-4,7,9H2,1-2H3,(H,15,17). The maximum Gasteiger partial charge on any atom is 0.217 e. The van der Waals surface area contributed by atoms with Gasteiger partial charge in [0.1, 0.15) is 5.82 Å². The minimum absolute atomic E-state index is 0.0497. The highest BCUT2D eigenvalue weighted by Gasteiger charge is 2.21. The van der Waals surface area contributed by atoms with E-state index in [9.17, 15) is 4.79 Å². The summed E-state index contributed by atoms with van der Waals surface area (Å²) in [5.74, 6) is 1.05. The Morgan fingerprint density at radius 1 is 1.53 bits per heavy atom. The van der Waals surface area contributed by atoms with E-state index in [4.69, 9.17) is 0 Å². The average Bonchev–Trinajstić information content (AvgIpc) is 2.29. The van der Waals surface area contributed by atoms with Crippen LogP contribution < -0.4 is 10.2 Å². The Balaban J connectivity index is 2.01. The molecule has 4 heteroatoms. The van der Waals surface area contributed by atoms with Crippen LogP contribution in [-0.2, 0) is 4.79 Å². The van der Waals surface area contributed by atoms with Gasteiger partial charge in [-0.25, -0.2) is 4.98 Å². The number of rotatable bonds is 2. The predicted octanol–water partition coefficient (Wildman–Crippen LogP) is 1.49. The largest absolute Gasteiger partial charge is 0.355 e. The molecule has 0 aromatic carbocycles. The van der Waals surface area contributed by atoms with E-state index in [0.29, 0.717) is 0 Å². The zero-order valence-corrected chi connectivity index (χ0v) is 10.4. The Hall–Kier alpha value is -1.58. The van der Waals surface area contributed by atoms with Crippen LogP contribution in [0.5, 0.6) is 0 Å². The summed E-state index contributed by atoms with van der Waals surface area (Å²) in [7, 11) is 0. The summed E-state index contributed by atoms with van der Waals surface area (Å²) in [4.78, 5) is 17.7. The molecular formula is C13H19N3O. The Kier molecular flexibility index (Phi) is 3.61. The number of hydrogen-bond donors (Lipinski definition) is 1. The van der Waals surface area contributed by atoms with Gasteiger partial charge in [0.15, 0.2) is 0 Å². The van der Waals surface area contributed by atoms with Gasteiger partial charge in [0.25, 0.3) is 0 Å². The van der Waals surface area contributed by atoms with Crippen LogP contribution in [-0.4, -0.2) is 30.0 Å². The Bertz CT molecular complexity index is 388. The molecule has 0 bridgehead atoms. The molecule has 1 unspecified atom stereocenters. The number of piperidine rings is 1. The molecule has 1 saturated heterocycles. The summed E-state index contributed by atoms with van der Waals surface area (Å²) in [6.45, 7) is 5.48. The highest BCUT2D eigenvalue weighted by molar-refractivity contribution is 5.73. The highest BCUT2D eigenvalue weighted by Crippen LogP contribution is 2.17. The van der Waals surface area contributed by atoms with E-state index < -0.39 is 0 Å². The molecular weight excluding hydrogens is 214 g/mol. The normalized spacial score (nSPS) is 20.1. The molecule has 0 aliphatic carbocycles. The topological polar surface area (TPSA) is 45.2 Å². The van der Waals surface area contributed by atoms with E-state index in [-0.39, 0.29) is 11.9 Å². The Morgan fingerprint density at radius 3 is 3.00 bits per heavy atom. The maximum atomic E-state index is 11.1. The van der Waals surface area contributed by atoms with Crippen molar-refractivity contribution in [1.82, 2.24) is 10.3 Å². The van der Waals surface area contributed by atoms with Crippen LogP contribution >= 0.6 is 0 Å². The van der Waals surface area contributed by atoms with Gasteiger partial charge in [-0.15, -0.1) is 0 Å². The van der Waals surface area contributed by atoms with Crippen LogP contribution in [0.4, 0.5) is 5.82 Å².